The monoisotopic (exact) mass is 318 g/mol. The fourth-order valence-corrected chi connectivity index (χ4v) is 2.52. The first-order chi connectivity index (χ1) is 11.1. The number of nitrogens with one attached hydrogen (secondary N) is 2. The highest BCUT2D eigenvalue weighted by molar-refractivity contribution is 5.60. The summed E-state index contributed by atoms with van der Waals surface area (Å²) in [4.78, 5) is 17.1. The summed E-state index contributed by atoms with van der Waals surface area (Å²) in [5.74, 6) is 1.02. The van der Waals surface area contributed by atoms with Crippen LogP contribution in [0.25, 0.3) is 0 Å². The number of rotatable bonds is 5. The van der Waals surface area contributed by atoms with Crippen molar-refractivity contribution < 1.29 is 9.45 Å². The molecule has 0 amide bonds. The summed E-state index contributed by atoms with van der Waals surface area (Å²) in [6.45, 7) is 2.87. The van der Waals surface area contributed by atoms with Crippen LogP contribution in [0.5, 0.6) is 0 Å². The summed E-state index contributed by atoms with van der Waals surface area (Å²) < 4.78 is 5.24. The normalized spacial score (nSPS) is 18.7. The Morgan fingerprint density at radius 3 is 3.13 bits per heavy atom. The third-order valence-corrected chi connectivity index (χ3v) is 3.82. The van der Waals surface area contributed by atoms with Crippen LogP contribution >= 0.6 is 0 Å². The summed E-state index contributed by atoms with van der Waals surface area (Å²) in [6.07, 6.45) is 0. The number of hydrogen-bond donors (Lipinski definition) is 2. The molecule has 1 aromatic heterocycles. The molecule has 2 N–H and O–H groups in total. The first-order valence-corrected chi connectivity index (χ1v) is 7.36. The van der Waals surface area contributed by atoms with Crippen LogP contribution in [-0.4, -0.2) is 46.6 Å². The zero-order chi connectivity index (χ0) is 16.2. The van der Waals surface area contributed by atoms with E-state index in [1.165, 1.54) is 6.07 Å². The van der Waals surface area contributed by atoms with Crippen molar-refractivity contribution in [2.45, 2.75) is 12.6 Å². The number of piperazine rings is 1. The van der Waals surface area contributed by atoms with Gasteiger partial charge < -0.3 is 15.2 Å². The Morgan fingerprint density at radius 2 is 2.35 bits per heavy atom. The molecular weight excluding hydrogens is 300 g/mol. The van der Waals surface area contributed by atoms with Crippen LogP contribution in [0.1, 0.15) is 17.8 Å². The lowest BCUT2D eigenvalue weighted by atomic mass is 10.2. The summed E-state index contributed by atoms with van der Waals surface area (Å²) in [6, 6.07) is 6.53. The van der Waals surface area contributed by atoms with E-state index in [1.807, 2.05) is 7.05 Å². The zero-order valence-corrected chi connectivity index (χ0v) is 12.7. The van der Waals surface area contributed by atoms with Crippen molar-refractivity contribution in [3.63, 3.8) is 0 Å². The summed E-state index contributed by atoms with van der Waals surface area (Å²) in [7, 11) is 2.02. The fourth-order valence-electron chi connectivity index (χ4n) is 2.52. The molecule has 0 spiro atoms. The van der Waals surface area contributed by atoms with Crippen LogP contribution in [0.2, 0.25) is 0 Å². The van der Waals surface area contributed by atoms with Gasteiger partial charge in [0.25, 0.3) is 5.69 Å². The number of nitrogens with zero attached hydrogens (tertiary/aromatic N) is 4. The SMILES string of the molecule is CN1CCNCC1c1noc(CNc2ccccc2[N+](=O)[O-])n1. The second-order valence-electron chi connectivity index (χ2n) is 5.37. The Hall–Kier alpha value is -2.52. The van der Waals surface area contributed by atoms with Gasteiger partial charge in [0.1, 0.15) is 5.69 Å². The van der Waals surface area contributed by atoms with Gasteiger partial charge in [-0.15, -0.1) is 0 Å². The van der Waals surface area contributed by atoms with E-state index in [2.05, 4.69) is 25.7 Å². The van der Waals surface area contributed by atoms with Gasteiger partial charge in [0.05, 0.1) is 17.5 Å². The Balaban J connectivity index is 1.67. The van der Waals surface area contributed by atoms with Crippen molar-refractivity contribution in [3.8, 4) is 0 Å². The second-order valence-corrected chi connectivity index (χ2v) is 5.37. The lowest BCUT2D eigenvalue weighted by molar-refractivity contribution is -0.384. The number of likely N-dealkylation sites (N-methyl/N-ethyl adjacent to an activating group) is 1. The maximum Gasteiger partial charge on any atom is 0.292 e. The highest BCUT2D eigenvalue weighted by Crippen LogP contribution is 2.24. The number of aromatic nitrogens is 2. The second kappa shape index (κ2) is 6.71. The molecule has 0 radical (unpaired) electrons. The van der Waals surface area contributed by atoms with Gasteiger partial charge in [0.15, 0.2) is 5.82 Å². The van der Waals surface area contributed by atoms with Gasteiger partial charge in [-0.05, 0) is 13.1 Å². The van der Waals surface area contributed by atoms with Gasteiger partial charge >= 0.3 is 0 Å². The minimum atomic E-state index is -0.426. The molecule has 1 fully saturated rings. The molecule has 9 heteroatoms. The average Bonchev–Trinajstić information content (AvgIpc) is 3.02. The fraction of sp³-hybridized carbons (Fsp3) is 0.429. The predicted octanol–water partition coefficient (Wildman–Crippen LogP) is 1.17. The molecule has 23 heavy (non-hydrogen) atoms. The zero-order valence-electron chi connectivity index (χ0n) is 12.7. The highest BCUT2D eigenvalue weighted by atomic mass is 16.6. The van der Waals surface area contributed by atoms with Gasteiger partial charge in [-0.1, -0.05) is 17.3 Å². The first-order valence-electron chi connectivity index (χ1n) is 7.36. The predicted molar refractivity (Wildman–Crippen MR) is 83.0 cm³/mol. The van der Waals surface area contributed by atoms with Gasteiger partial charge in [-0.2, -0.15) is 4.98 Å². The lowest BCUT2D eigenvalue weighted by Gasteiger charge is -2.30. The molecule has 122 valence electrons. The third-order valence-electron chi connectivity index (χ3n) is 3.82. The molecular formula is C14H18N6O3. The number of nitro benzene ring substituents is 1. The molecule has 1 aliphatic rings. The van der Waals surface area contributed by atoms with Crippen molar-refractivity contribution in [2.75, 3.05) is 32.0 Å². The molecule has 1 aliphatic heterocycles. The Labute approximate surface area is 132 Å². The van der Waals surface area contributed by atoms with E-state index < -0.39 is 4.92 Å². The molecule has 1 unspecified atom stereocenters. The topological polar surface area (TPSA) is 109 Å². The van der Waals surface area contributed by atoms with Crippen molar-refractivity contribution in [3.05, 3.63) is 46.1 Å². The van der Waals surface area contributed by atoms with Gasteiger partial charge in [-0.3, -0.25) is 15.0 Å². The summed E-state index contributed by atoms with van der Waals surface area (Å²) >= 11 is 0. The van der Waals surface area contributed by atoms with Crippen molar-refractivity contribution in [1.82, 2.24) is 20.4 Å². The van der Waals surface area contributed by atoms with Gasteiger partial charge in [0.2, 0.25) is 5.89 Å². The molecule has 3 rings (SSSR count). The Kier molecular flexibility index (Phi) is 4.49. The standard InChI is InChI=1S/C14H18N6O3/c1-19-7-6-15-8-12(19)14-17-13(23-18-14)9-16-10-4-2-3-5-11(10)20(21)22/h2-5,12,15-16H,6-9H2,1H3. The van der Waals surface area contributed by atoms with Gasteiger partial charge in [-0.25, -0.2) is 0 Å². The number of benzene rings is 1. The van der Waals surface area contributed by atoms with Crippen LogP contribution < -0.4 is 10.6 Å². The number of hydrogen-bond acceptors (Lipinski definition) is 8. The number of anilines is 1. The smallest absolute Gasteiger partial charge is 0.292 e. The molecule has 2 heterocycles. The van der Waals surface area contributed by atoms with Gasteiger partial charge in [0, 0.05) is 25.7 Å². The molecule has 9 nitrogen and oxygen atoms in total. The highest BCUT2D eigenvalue weighted by Gasteiger charge is 2.25. The van der Waals surface area contributed by atoms with Crippen molar-refractivity contribution >= 4 is 11.4 Å². The van der Waals surface area contributed by atoms with E-state index in [4.69, 9.17) is 4.52 Å². The van der Waals surface area contributed by atoms with E-state index in [1.54, 1.807) is 18.2 Å². The van der Waals surface area contributed by atoms with Crippen molar-refractivity contribution in [2.24, 2.45) is 0 Å². The number of nitro groups is 1. The quantitative estimate of drug-likeness (QED) is 0.624. The minimum absolute atomic E-state index is 0.0171. The molecule has 0 aliphatic carbocycles. The molecule has 1 atom stereocenters. The summed E-state index contributed by atoms with van der Waals surface area (Å²) in [5.41, 5.74) is 0.442. The number of para-hydroxylation sites is 2. The molecule has 0 bridgehead atoms. The van der Waals surface area contributed by atoms with Crippen LogP contribution in [0.15, 0.2) is 28.8 Å². The maximum absolute atomic E-state index is 11.0. The third kappa shape index (κ3) is 3.46. The molecule has 1 saturated heterocycles. The van der Waals surface area contributed by atoms with E-state index in [0.717, 1.165) is 19.6 Å². The average molecular weight is 318 g/mol. The largest absolute Gasteiger partial charge is 0.371 e. The molecule has 2 aromatic rings. The summed E-state index contributed by atoms with van der Waals surface area (Å²) in [5, 5.41) is 21.3. The van der Waals surface area contributed by atoms with Crippen molar-refractivity contribution in [1.29, 1.82) is 0 Å². The van der Waals surface area contributed by atoms with Crippen LogP contribution in [0.4, 0.5) is 11.4 Å². The van der Waals surface area contributed by atoms with E-state index >= 15 is 0 Å². The van der Waals surface area contributed by atoms with E-state index in [-0.39, 0.29) is 18.3 Å². The van der Waals surface area contributed by atoms with Crippen LogP contribution in [0.3, 0.4) is 0 Å². The Morgan fingerprint density at radius 1 is 1.52 bits per heavy atom. The molecule has 1 aromatic carbocycles. The van der Waals surface area contributed by atoms with Crippen LogP contribution in [-0.2, 0) is 6.54 Å². The lowest BCUT2D eigenvalue weighted by Crippen LogP contribution is -2.44. The minimum Gasteiger partial charge on any atom is -0.371 e. The van der Waals surface area contributed by atoms with E-state index in [0.29, 0.717) is 17.4 Å². The van der Waals surface area contributed by atoms with Crippen LogP contribution in [0, 0.1) is 10.1 Å². The maximum atomic E-state index is 11.0. The Bertz CT molecular complexity index is 689. The first kappa shape index (κ1) is 15.4. The molecule has 0 saturated carbocycles. The van der Waals surface area contributed by atoms with E-state index in [9.17, 15) is 10.1 Å².